The van der Waals surface area contributed by atoms with Crippen molar-refractivity contribution in [1.82, 2.24) is 15.8 Å². The summed E-state index contributed by atoms with van der Waals surface area (Å²) in [5, 5.41) is 5.57. The largest absolute Gasteiger partial charge is 0.313 e. The van der Waals surface area contributed by atoms with Gasteiger partial charge in [0.15, 0.2) is 0 Å². The predicted octanol–water partition coefficient (Wildman–Crippen LogP) is 1.67. The van der Waals surface area contributed by atoms with E-state index in [-0.39, 0.29) is 11.8 Å². The monoisotopic (exact) mass is 253 g/mol. The number of carbonyl (C=O) groups is 1. The number of hydrazine groups is 1. The molecule has 4 atom stereocenters. The molecule has 2 saturated heterocycles. The molecule has 0 aromatic rings. The maximum Gasteiger partial charge on any atom is 0.238 e. The van der Waals surface area contributed by atoms with Crippen molar-refractivity contribution in [2.24, 2.45) is 5.92 Å². The minimum atomic E-state index is 0.125. The smallest absolute Gasteiger partial charge is 0.238 e. The van der Waals surface area contributed by atoms with Gasteiger partial charge >= 0.3 is 0 Å². The molecule has 4 unspecified atom stereocenters. The normalized spacial score (nSPS) is 38.4. The van der Waals surface area contributed by atoms with Gasteiger partial charge < -0.3 is 5.32 Å². The summed E-state index contributed by atoms with van der Waals surface area (Å²) in [6.07, 6.45) is 5.76. The molecule has 2 aliphatic heterocycles. The molecule has 2 heterocycles. The lowest BCUT2D eigenvalue weighted by Crippen LogP contribution is -2.57. The standard InChI is InChI=1S/C14H27N3O/c1-10-6-4-7-11(2)17(10)16-14(18)13-8-5-9-15-12(13)3/h10-13,15H,4-9H2,1-3H3,(H,16,18). The van der Waals surface area contributed by atoms with Crippen molar-refractivity contribution in [3.05, 3.63) is 0 Å². The molecule has 4 heteroatoms. The molecular formula is C14H27N3O. The number of hydrogen-bond acceptors (Lipinski definition) is 3. The van der Waals surface area contributed by atoms with Gasteiger partial charge in [-0.15, -0.1) is 0 Å². The lowest BCUT2D eigenvalue weighted by molar-refractivity contribution is -0.135. The van der Waals surface area contributed by atoms with Gasteiger partial charge in [-0.05, 0) is 53.0 Å². The van der Waals surface area contributed by atoms with Crippen molar-refractivity contribution in [1.29, 1.82) is 0 Å². The van der Waals surface area contributed by atoms with E-state index in [0.29, 0.717) is 18.1 Å². The van der Waals surface area contributed by atoms with E-state index in [9.17, 15) is 4.79 Å². The van der Waals surface area contributed by atoms with Gasteiger partial charge in [-0.2, -0.15) is 0 Å². The molecule has 0 bridgehead atoms. The Bertz CT molecular complexity index is 285. The van der Waals surface area contributed by atoms with Crippen LogP contribution in [0.2, 0.25) is 0 Å². The van der Waals surface area contributed by atoms with Gasteiger partial charge in [-0.25, -0.2) is 5.01 Å². The third-order valence-electron chi connectivity index (χ3n) is 4.53. The molecule has 0 aliphatic carbocycles. The first kappa shape index (κ1) is 13.8. The summed E-state index contributed by atoms with van der Waals surface area (Å²) in [4.78, 5) is 12.4. The molecule has 2 fully saturated rings. The summed E-state index contributed by atoms with van der Waals surface area (Å²) in [6, 6.07) is 1.23. The second kappa shape index (κ2) is 6.02. The molecule has 1 amide bonds. The zero-order chi connectivity index (χ0) is 13.1. The summed E-state index contributed by atoms with van der Waals surface area (Å²) in [5.74, 6) is 0.329. The topological polar surface area (TPSA) is 44.4 Å². The fraction of sp³-hybridized carbons (Fsp3) is 0.929. The minimum Gasteiger partial charge on any atom is -0.313 e. The first-order chi connectivity index (χ1) is 8.59. The summed E-state index contributed by atoms with van der Waals surface area (Å²) < 4.78 is 0. The molecule has 18 heavy (non-hydrogen) atoms. The SMILES string of the molecule is CC1NCCCC1C(=O)NN1C(C)CCCC1C. The van der Waals surface area contributed by atoms with Crippen LogP contribution in [-0.4, -0.2) is 35.6 Å². The van der Waals surface area contributed by atoms with Gasteiger partial charge in [0.2, 0.25) is 5.91 Å². The van der Waals surface area contributed by atoms with E-state index < -0.39 is 0 Å². The number of nitrogens with one attached hydrogen (secondary N) is 2. The molecule has 104 valence electrons. The zero-order valence-corrected chi connectivity index (χ0v) is 11.9. The van der Waals surface area contributed by atoms with Gasteiger partial charge in [0.1, 0.15) is 0 Å². The first-order valence-corrected chi connectivity index (χ1v) is 7.42. The van der Waals surface area contributed by atoms with Crippen LogP contribution >= 0.6 is 0 Å². The van der Waals surface area contributed by atoms with E-state index in [0.717, 1.165) is 19.4 Å². The van der Waals surface area contributed by atoms with E-state index in [1.54, 1.807) is 0 Å². The maximum atomic E-state index is 12.4. The molecule has 0 spiro atoms. The van der Waals surface area contributed by atoms with Crippen LogP contribution in [0.3, 0.4) is 0 Å². The van der Waals surface area contributed by atoms with Gasteiger partial charge in [-0.1, -0.05) is 6.42 Å². The zero-order valence-electron chi connectivity index (χ0n) is 11.9. The molecule has 2 aliphatic rings. The molecule has 0 aromatic heterocycles. The Morgan fingerprint density at radius 2 is 1.78 bits per heavy atom. The van der Waals surface area contributed by atoms with Crippen molar-refractivity contribution in [2.45, 2.75) is 71.0 Å². The molecule has 2 N–H and O–H groups in total. The molecule has 2 rings (SSSR count). The number of carbonyl (C=O) groups excluding carboxylic acids is 1. The Balaban J connectivity index is 1.92. The number of piperidine rings is 2. The lowest BCUT2D eigenvalue weighted by Gasteiger charge is -2.40. The molecule has 0 aromatic carbocycles. The Kier molecular flexibility index (Phi) is 4.62. The molecule has 4 nitrogen and oxygen atoms in total. The maximum absolute atomic E-state index is 12.4. The van der Waals surface area contributed by atoms with Crippen LogP contribution in [0.1, 0.15) is 52.9 Å². The Morgan fingerprint density at radius 1 is 1.11 bits per heavy atom. The van der Waals surface area contributed by atoms with Crippen LogP contribution in [0.25, 0.3) is 0 Å². The van der Waals surface area contributed by atoms with E-state index in [4.69, 9.17) is 0 Å². The van der Waals surface area contributed by atoms with E-state index >= 15 is 0 Å². The van der Waals surface area contributed by atoms with Crippen LogP contribution in [0.15, 0.2) is 0 Å². The van der Waals surface area contributed by atoms with Crippen LogP contribution in [0.4, 0.5) is 0 Å². The highest BCUT2D eigenvalue weighted by Crippen LogP contribution is 2.22. The van der Waals surface area contributed by atoms with Crippen LogP contribution in [0, 0.1) is 5.92 Å². The highest BCUT2D eigenvalue weighted by molar-refractivity contribution is 5.79. The summed E-state index contributed by atoms with van der Waals surface area (Å²) in [6.45, 7) is 7.57. The van der Waals surface area contributed by atoms with E-state index in [2.05, 4.69) is 36.5 Å². The third kappa shape index (κ3) is 3.04. The second-order valence-electron chi connectivity index (χ2n) is 6.00. The van der Waals surface area contributed by atoms with Gasteiger partial charge in [0, 0.05) is 18.1 Å². The van der Waals surface area contributed by atoms with Gasteiger partial charge in [0.05, 0.1) is 5.92 Å². The molecule has 0 saturated carbocycles. The first-order valence-electron chi connectivity index (χ1n) is 7.42. The average Bonchev–Trinajstić information content (AvgIpc) is 2.34. The Morgan fingerprint density at radius 3 is 2.39 bits per heavy atom. The number of nitrogens with zero attached hydrogens (tertiary/aromatic N) is 1. The van der Waals surface area contributed by atoms with Crippen molar-refractivity contribution in [3.8, 4) is 0 Å². The van der Waals surface area contributed by atoms with Crippen LogP contribution in [-0.2, 0) is 4.79 Å². The fourth-order valence-electron chi connectivity index (χ4n) is 3.25. The summed E-state index contributed by atoms with van der Waals surface area (Å²) in [5.41, 5.74) is 3.17. The van der Waals surface area contributed by atoms with Gasteiger partial charge in [-0.3, -0.25) is 10.2 Å². The van der Waals surface area contributed by atoms with Gasteiger partial charge in [0.25, 0.3) is 0 Å². The predicted molar refractivity (Wildman–Crippen MR) is 72.9 cm³/mol. The van der Waals surface area contributed by atoms with Crippen LogP contribution < -0.4 is 10.7 Å². The molecule has 0 radical (unpaired) electrons. The van der Waals surface area contributed by atoms with Crippen molar-refractivity contribution >= 4 is 5.91 Å². The highest BCUT2D eigenvalue weighted by atomic mass is 16.2. The third-order valence-corrected chi connectivity index (χ3v) is 4.53. The average molecular weight is 253 g/mol. The van der Waals surface area contributed by atoms with Crippen molar-refractivity contribution in [2.75, 3.05) is 6.54 Å². The highest BCUT2D eigenvalue weighted by Gasteiger charge is 2.32. The number of hydrogen-bond donors (Lipinski definition) is 2. The Labute approximate surface area is 110 Å². The fourth-order valence-corrected chi connectivity index (χ4v) is 3.25. The quantitative estimate of drug-likeness (QED) is 0.787. The number of rotatable bonds is 2. The summed E-state index contributed by atoms with van der Waals surface area (Å²) >= 11 is 0. The lowest BCUT2D eigenvalue weighted by atomic mass is 9.91. The Hall–Kier alpha value is -0.610. The summed E-state index contributed by atoms with van der Waals surface area (Å²) in [7, 11) is 0. The van der Waals surface area contributed by atoms with Crippen molar-refractivity contribution < 1.29 is 4.79 Å². The molecular weight excluding hydrogens is 226 g/mol. The van der Waals surface area contributed by atoms with Crippen molar-refractivity contribution in [3.63, 3.8) is 0 Å². The number of amides is 1. The minimum absolute atomic E-state index is 0.125. The second-order valence-corrected chi connectivity index (χ2v) is 6.00. The van der Waals surface area contributed by atoms with Crippen LogP contribution in [0.5, 0.6) is 0 Å². The van der Waals surface area contributed by atoms with E-state index in [1.807, 2.05) is 0 Å². The van der Waals surface area contributed by atoms with E-state index in [1.165, 1.54) is 19.3 Å².